The molecule has 0 heterocycles. The van der Waals surface area contributed by atoms with E-state index in [0.29, 0.717) is 25.2 Å². The van der Waals surface area contributed by atoms with E-state index in [9.17, 15) is 8.42 Å². The number of sulfonamides is 1. The Morgan fingerprint density at radius 3 is 2.74 bits per heavy atom. The first-order valence-corrected chi connectivity index (χ1v) is 7.66. The summed E-state index contributed by atoms with van der Waals surface area (Å²) in [5.41, 5.74) is 1.22. The Balaban J connectivity index is 2.91. The number of nitrogens with one attached hydrogen (secondary N) is 1. The van der Waals surface area contributed by atoms with Crippen LogP contribution >= 0.6 is 0 Å². The summed E-state index contributed by atoms with van der Waals surface area (Å²) in [4.78, 5) is 1.83. The minimum absolute atomic E-state index is 0.0326. The van der Waals surface area contributed by atoms with Gasteiger partial charge < -0.3 is 10.0 Å². The lowest BCUT2D eigenvalue weighted by Crippen LogP contribution is -2.27. The van der Waals surface area contributed by atoms with Crippen molar-refractivity contribution in [3.63, 3.8) is 0 Å². The molecule has 1 rings (SSSR count). The van der Waals surface area contributed by atoms with Crippen molar-refractivity contribution in [2.75, 3.05) is 35.6 Å². The number of benzene rings is 1. The summed E-state index contributed by atoms with van der Waals surface area (Å²) >= 11 is 0. The van der Waals surface area contributed by atoms with E-state index in [2.05, 4.69) is 4.72 Å². The molecule has 0 bridgehead atoms. The van der Waals surface area contributed by atoms with Crippen LogP contribution in [0.25, 0.3) is 0 Å². The smallest absolute Gasteiger partial charge is 0.229 e. The summed E-state index contributed by atoms with van der Waals surface area (Å²) in [5.74, 6) is 0. The monoisotopic (exact) mass is 283 g/mol. The molecule has 0 saturated carbocycles. The van der Waals surface area contributed by atoms with Gasteiger partial charge in [-0.1, -0.05) is 6.07 Å². The number of nitrogens with zero attached hydrogens (tertiary/aromatic N) is 2. The van der Waals surface area contributed by atoms with Crippen LogP contribution < -0.4 is 9.62 Å². The van der Waals surface area contributed by atoms with Gasteiger partial charge >= 0.3 is 0 Å². The first-order valence-electron chi connectivity index (χ1n) is 5.77. The zero-order valence-corrected chi connectivity index (χ0v) is 11.5. The normalized spacial score (nSPS) is 10.8. The minimum atomic E-state index is -3.32. The topological polar surface area (TPSA) is 93.4 Å². The fraction of sp³-hybridized carbons (Fsp3) is 0.417. The third-order valence-electron chi connectivity index (χ3n) is 2.38. The average Bonchev–Trinajstić information content (AvgIpc) is 2.32. The molecule has 0 unspecified atom stereocenters. The lowest BCUT2D eigenvalue weighted by Gasteiger charge is -2.23. The second kappa shape index (κ2) is 6.97. The number of anilines is 2. The molecule has 0 saturated heterocycles. The van der Waals surface area contributed by atoms with Gasteiger partial charge in [0, 0.05) is 18.8 Å². The number of aliphatic hydroxyl groups is 1. The van der Waals surface area contributed by atoms with Gasteiger partial charge in [0.05, 0.1) is 31.0 Å². The molecule has 0 aliphatic heterocycles. The Bertz CT molecular complexity index is 552. The SMILES string of the molecule is CS(=O)(=O)Nc1cccc(N(CCO)CCC#N)c1. The Kier molecular flexibility index (Phi) is 5.60. The highest BCUT2D eigenvalue weighted by Gasteiger charge is 2.08. The molecule has 0 amide bonds. The van der Waals surface area contributed by atoms with Gasteiger partial charge in [-0.15, -0.1) is 0 Å². The zero-order chi connectivity index (χ0) is 14.3. The van der Waals surface area contributed by atoms with Crippen LogP contribution in [0.2, 0.25) is 0 Å². The zero-order valence-electron chi connectivity index (χ0n) is 10.7. The van der Waals surface area contributed by atoms with Crippen LogP contribution in [0.5, 0.6) is 0 Å². The van der Waals surface area contributed by atoms with E-state index in [0.717, 1.165) is 11.9 Å². The van der Waals surface area contributed by atoms with Crippen LogP contribution in [0.3, 0.4) is 0 Å². The van der Waals surface area contributed by atoms with Crippen LogP contribution in [0.1, 0.15) is 6.42 Å². The molecule has 7 heteroatoms. The third-order valence-corrected chi connectivity index (χ3v) is 2.98. The predicted molar refractivity (Wildman–Crippen MR) is 74.4 cm³/mol. The Hall–Kier alpha value is -1.78. The van der Waals surface area contributed by atoms with E-state index < -0.39 is 10.0 Å². The number of rotatable bonds is 7. The first-order chi connectivity index (χ1) is 8.96. The Morgan fingerprint density at radius 2 is 2.16 bits per heavy atom. The van der Waals surface area contributed by atoms with Crippen LogP contribution in [-0.4, -0.2) is 39.5 Å². The summed E-state index contributed by atoms with van der Waals surface area (Å²) in [6, 6.07) is 8.89. The molecule has 0 aromatic heterocycles. The maximum Gasteiger partial charge on any atom is 0.229 e. The van der Waals surface area contributed by atoms with E-state index in [4.69, 9.17) is 10.4 Å². The van der Waals surface area contributed by atoms with Crippen molar-refractivity contribution in [2.45, 2.75) is 6.42 Å². The van der Waals surface area contributed by atoms with Gasteiger partial charge in [0.2, 0.25) is 10.0 Å². The molecule has 1 aromatic rings. The van der Waals surface area contributed by atoms with Crippen LogP contribution in [0, 0.1) is 11.3 Å². The molecule has 0 aliphatic carbocycles. The third kappa shape index (κ3) is 5.59. The fourth-order valence-electron chi connectivity index (χ4n) is 1.66. The molecule has 0 radical (unpaired) electrons. The number of hydrogen-bond donors (Lipinski definition) is 2. The molecule has 0 atom stereocenters. The van der Waals surface area contributed by atoms with E-state index in [1.54, 1.807) is 24.3 Å². The molecular weight excluding hydrogens is 266 g/mol. The van der Waals surface area contributed by atoms with Gasteiger partial charge in [-0.2, -0.15) is 5.26 Å². The van der Waals surface area contributed by atoms with Crippen molar-refractivity contribution >= 4 is 21.4 Å². The molecule has 0 spiro atoms. The summed E-state index contributed by atoms with van der Waals surface area (Å²) < 4.78 is 24.7. The van der Waals surface area contributed by atoms with E-state index >= 15 is 0 Å². The summed E-state index contributed by atoms with van der Waals surface area (Å²) in [7, 11) is -3.32. The summed E-state index contributed by atoms with van der Waals surface area (Å²) in [6.45, 7) is 0.846. The largest absolute Gasteiger partial charge is 0.395 e. The maximum atomic E-state index is 11.2. The summed E-state index contributed by atoms with van der Waals surface area (Å²) in [5, 5.41) is 17.6. The van der Waals surface area contributed by atoms with Crippen molar-refractivity contribution in [3.8, 4) is 6.07 Å². The molecule has 2 N–H and O–H groups in total. The van der Waals surface area contributed by atoms with Gasteiger partial charge in [0.1, 0.15) is 0 Å². The number of aliphatic hydroxyl groups excluding tert-OH is 1. The van der Waals surface area contributed by atoms with Gasteiger partial charge in [0.15, 0.2) is 0 Å². The Labute approximate surface area is 113 Å². The lowest BCUT2D eigenvalue weighted by molar-refractivity contribution is 0.302. The average molecular weight is 283 g/mol. The molecule has 19 heavy (non-hydrogen) atoms. The molecule has 104 valence electrons. The number of nitriles is 1. The van der Waals surface area contributed by atoms with Crippen molar-refractivity contribution in [1.29, 1.82) is 5.26 Å². The molecule has 0 fully saturated rings. The van der Waals surface area contributed by atoms with Gasteiger partial charge in [-0.25, -0.2) is 8.42 Å². The fourth-order valence-corrected chi connectivity index (χ4v) is 2.21. The second-order valence-electron chi connectivity index (χ2n) is 4.04. The maximum absolute atomic E-state index is 11.2. The van der Waals surface area contributed by atoms with Crippen LogP contribution in [-0.2, 0) is 10.0 Å². The standard InChI is InChI=1S/C12H17N3O3S/c1-19(17,18)14-11-4-2-5-12(10-11)15(8-9-16)7-3-6-13/h2,4-5,10,14,16H,3,7-9H2,1H3. The minimum Gasteiger partial charge on any atom is -0.395 e. The number of hydrogen-bond acceptors (Lipinski definition) is 5. The second-order valence-corrected chi connectivity index (χ2v) is 5.79. The van der Waals surface area contributed by atoms with Gasteiger partial charge in [-0.3, -0.25) is 4.72 Å². The van der Waals surface area contributed by atoms with Crippen molar-refractivity contribution < 1.29 is 13.5 Å². The molecule has 0 aliphatic rings. The highest BCUT2D eigenvalue weighted by atomic mass is 32.2. The van der Waals surface area contributed by atoms with E-state index in [1.807, 2.05) is 11.0 Å². The van der Waals surface area contributed by atoms with Gasteiger partial charge in [0.25, 0.3) is 0 Å². The van der Waals surface area contributed by atoms with Crippen molar-refractivity contribution in [1.82, 2.24) is 0 Å². The van der Waals surface area contributed by atoms with Crippen LogP contribution in [0.15, 0.2) is 24.3 Å². The van der Waals surface area contributed by atoms with E-state index in [-0.39, 0.29) is 6.61 Å². The lowest BCUT2D eigenvalue weighted by atomic mass is 10.2. The molecule has 1 aromatic carbocycles. The predicted octanol–water partition coefficient (Wildman–Crippen LogP) is 0.770. The van der Waals surface area contributed by atoms with Crippen molar-refractivity contribution in [2.24, 2.45) is 0 Å². The molecule has 6 nitrogen and oxygen atoms in total. The van der Waals surface area contributed by atoms with Gasteiger partial charge in [-0.05, 0) is 18.2 Å². The highest BCUT2D eigenvalue weighted by Crippen LogP contribution is 2.20. The van der Waals surface area contributed by atoms with E-state index in [1.165, 1.54) is 0 Å². The van der Waals surface area contributed by atoms with Crippen molar-refractivity contribution in [3.05, 3.63) is 24.3 Å². The highest BCUT2D eigenvalue weighted by molar-refractivity contribution is 7.92. The Morgan fingerprint density at radius 1 is 1.42 bits per heavy atom. The summed E-state index contributed by atoms with van der Waals surface area (Å²) in [6.07, 6.45) is 1.42. The van der Waals surface area contributed by atoms with Crippen LogP contribution in [0.4, 0.5) is 11.4 Å². The molecular formula is C12H17N3O3S. The first kappa shape index (κ1) is 15.3. The quantitative estimate of drug-likeness (QED) is 0.771.